The molecule has 4 nitrogen and oxygen atoms in total. The molecule has 19 heavy (non-hydrogen) atoms. The van der Waals surface area contributed by atoms with Crippen LogP contribution in [0.3, 0.4) is 0 Å². The molecule has 0 aliphatic carbocycles. The van der Waals surface area contributed by atoms with Crippen molar-refractivity contribution in [3.8, 4) is 6.07 Å². The molecule has 0 amide bonds. The number of nitrogens with zero attached hydrogens (tertiary/aromatic N) is 1. The Balaban J connectivity index is 2.35. The van der Waals surface area contributed by atoms with E-state index in [4.69, 9.17) is 22.0 Å². The Morgan fingerprint density at radius 2 is 2.26 bits per heavy atom. The normalized spacial score (nSPS) is 11.6. The molecule has 2 N–H and O–H groups in total. The van der Waals surface area contributed by atoms with E-state index in [0.29, 0.717) is 22.9 Å². The van der Waals surface area contributed by atoms with Crippen molar-refractivity contribution >= 4 is 23.3 Å². The third-order valence-electron chi connectivity index (χ3n) is 2.91. The molecule has 1 unspecified atom stereocenters. The topological polar surface area (TPSA) is 73.1 Å². The van der Waals surface area contributed by atoms with Crippen LogP contribution in [0.2, 0.25) is 5.02 Å². The van der Waals surface area contributed by atoms with Crippen LogP contribution in [-0.2, 0) is 4.79 Å². The van der Waals surface area contributed by atoms with Crippen LogP contribution in [0.1, 0.15) is 31.7 Å². The molecule has 0 saturated carbocycles. The lowest BCUT2D eigenvalue weighted by Crippen LogP contribution is -2.08. The Bertz CT molecular complexity index is 483. The second kappa shape index (κ2) is 7.65. The minimum Gasteiger partial charge on any atom is -0.481 e. The predicted molar refractivity (Wildman–Crippen MR) is 75.3 cm³/mol. The van der Waals surface area contributed by atoms with Crippen LogP contribution >= 0.6 is 11.6 Å². The zero-order chi connectivity index (χ0) is 14.3. The van der Waals surface area contributed by atoms with Gasteiger partial charge in [0.25, 0.3) is 0 Å². The van der Waals surface area contributed by atoms with Gasteiger partial charge in [-0.1, -0.05) is 18.5 Å². The third-order valence-corrected chi connectivity index (χ3v) is 3.22. The Hall–Kier alpha value is -1.73. The Morgan fingerprint density at radius 1 is 1.53 bits per heavy atom. The summed E-state index contributed by atoms with van der Waals surface area (Å²) >= 11 is 5.93. The maximum absolute atomic E-state index is 10.4. The molecule has 1 aromatic rings. The summed E-state index contributed by atoms with van der Waals surface area (Å²) in [6.45, 7) is 2.79. The first-order valence-corrected chi connectivity index (χ1v) is 6.56. The highest BCUT2D eigenvalue weighted by molar-refractivity contribution is 6.32. The lowest BCUT2D eigenvalue weighted by atomic mass is 10.0. The fourth-order valence-corrected chi connectivity index (χ4v) is 1.92. The minimum atomic E-state index is -0.751. The van der Waals surface area contributed by atoms with Crippen LogP contribution in [-0.4, -0.2) is 17.6 Å². The average molecular weight is 281 g/mol. The van der Waals surface area contributed by atoms with Gasteiger partial charge in [0.1, 0.15) is 6.07 Å². The molecule has 0 radical (unpaired) electrons. The molecule has 1 aromatic carbocycles. The van der Waals surface area contributed by atoms with Gasteiger partial charge in [0.15, 0.2) is 0 Å². The summed E-state index contributed by atoms with van der Waals surface area (Å²) in [5, 5.41) is 21.0. The SMILES string of the molecule is CC(CCNc1ccc(C#N)c(Cl)c1)CCC(=O)O. The smallest absolute Gasteiger partial charge is 0.303 e. The molecule has 0 bridgehead atoms. The predicted octanol–water partition coefficient (Wildman–Crippen LogP) is 3.51. The van der Waals surface area contributed by atoms with E-state index in [-0.39, 0.29) is 6.42 Å². The van der Waals surface area contributed by atoms with Gasteiger partial charge in [-0.2, -0.15) is 5.26 Å². The number of hydrogen-bond donors (Lipinski definition) is 2. The summed E-state index contributed by atoms with van der Waals surface area (Å²) in [7, 11) is 0. The molecule has 0 aliphatic rings. The first kappa shape index (κ1) is 15.3. The lowest BCUT2D eigenvalue weighted by Gasteiger charge is -2.12. The summed E-state index contributed by atoms with van der Waals surface area (Å²) in [6.07, 6.45) is 1.79. The fourth-order valence-electron chi connectivity index (χ4n) is 1.69. The number of rotatable bonds is 7. The Morgan fingerprint density at radius 3 is 2.84 bits per heavy atom. The molecule has 1 atom stereocenters. The van der Waals surface area contributed by atoms with Crippen molar-refractivity contribution < 1.29 is 9.90 Å². The third kappa shape index (κ3) is 5.62. The monoisotopic (exact) mass is 280 g/mol. The number of nitriles is 1. The first-order valence-electron chi connectivity index (χ1n) is 6.18. The summed E-state index contributed by atoms with van der Waals surface area (Å²) in [4.78, 5) is 10.4. The summed E-state index contributed by atoms with van der Waals surface area (Å²) in [6, 6.07) is 7.22. The first-order chi connectivity index (χ1) is 9.02. The largest absolute Gasteiger partial charge is 0.481 e. The molecule has 5 heteroatoms. The molecular weight excluding hydrogens is 264 g/mol. The molecule has 0 spiro atoms. The number of carboxylic acid groups (broad SMARTS) is 1. The lowest BCUT2D eigenvalue weighted by molar-refractivity contribution is -0.137. The molecule has 0 heterocycles. The number of halogens is 1. The molecular formula is C14H17ClN2O2. The van der Waals surface area contributed by atoms with Gasteiger partial charge < -0.3 is 10.4 Å². The maximum Gasteiger partial charge on any atom is 0.303 e. The molecule has 1 rings (SSSR count). The quantitative estimate of drug-likeness (QED) is 0.801. The van der Waals surface area contributed by atoms with E-state index in [0.717, 1.165) is 18.7 Å². The van der Waals surface area contributed by atoms with Gasteiger partial charge in [0, 0.05) is 18.7 Å². The Labute approximate surface area is 118 Å². The minimum absolute atomic E-state index is 0.212. The van der Waals surface area contributed by atoms with Crippen molar-refractivity contribution in [3.63, 3.8) is 0 Å². The van der Waals surface area contributed by atoms with E-state index in [1.807, 2.05) is 19.1 Å². The summed E-state index contributed by atoms with van der Waals surface area (Å²) < 4.78 is 0. The van der Waals surface area contributed by atoms with E-state index >= 15 is 0 Å². The van der Waals surface area contributed by atoms with E-state index in [9.17, 15) is 4.79 Å². The van der Waals surface area contributed by atoms with Crippen LogP contribution in [0.5, 0.6) is 0 Å². The highest BCUT2D eigenvalue weighted by Gasteiger charge is 2.06. The average Bonchev–Trinajstić information content (AvgIpc) is 2.36. The number of nitrogens with one attached hydrogen (secondary N) is 1. The summed E-state index contributed by atoms with van der Waals surface area (Å²) in [5.74, 6) is -0.392. The van der Waals surface area contributed by atoms with Crippen molar-refractivity contribution in [3.05, 3.63) is 28.8 Å². The fraction of sp³-hybridized carbons (Fsp3) is 0.429. The van der Waals surface area contributed by atoms with Crippen molar-refractivity contribution in [2.75, 3.05) is 11.9 Å². The number of aliphatic carboxylic acids is 1. The van der Waals surface area contributed by atoms with E-state index in [2.05, 4.69) is 5.32 Å². The van der Waals surface area contributed by atoms with Crippen LogP contribution in [0.15, 0.2) is 18.2 Å². The van der Waals surface area contributed by atoms with Crippen molar-refractivity contribution in [2.24, 2.45) is 5.92 Å². The maximum atomic E-state index is 10.4. The molecule has 102 valence electrons. The van der Waals surface area contributed by atoms with Crippen molar-refractivity contribution in [1.82, 2.24) is 0 Å². The second-order valence-electron chi connectivity index (χ2n) is 4.56. The van der Waals surface area contributed by atoms with Crippen molar-refractivity contribution in [1.29, 1.82) is 5.26 Å². The number of hydrogen-bond acceptors (Lipinski definition) is 3. The van der Waals surface area contributed by atoms with Crippen molar-refractivity contribution in [2.45, 2.75) is 26.2 Å². The standard InChI is InChI=1S/C14H17ClN2O2/c1-10(2-5-14(18)19)6-7-17-12-4-3-11(9-16)13(15)8-12/h3-4,8,10,17H,2,5-7H2,1H3,(H,18,19). The van der Waals surface area contributed by atoms with Crippen LogP contribution in [0.4, 0.5) is 5.69 Å². The van der Waals surface area contributed by atoms with Gasteiger partial charge >= 0.3 is 5.97 Å². The Kier molecular flexibility index (Phi) is 6.17. The highest BCUT2D eigenvalue weighted by atomic mass is 35.5. The van der Waals surface area contributed by atoms with Gasteiger partial charge in [0.05, 0.1) is 10.6 Å². The van der Waals surface area contributed by atoms with Crippen LogP contribution < -0.4 is 5.32 Å². The van der Waals surface area contributed by atoms with Gasteiger partial charge in [-0.15, -0.1) is 0 Å². The zero-order valence-corrected chi connectivity index (χ0v) is 11.6. The van der Waals surface area contributed by atoms with E-state index in [1.165, 1.54) is 0 Å². The number of benzene rings is 1. The van der Waals surface area contributed by atoms with Crippen LogP contribution in [0, 0.1) is 17.2 Å². The summed E-state index contributed by atoms with van der Waals surface area (Å²) in [5.41, 5.74) is 1.33. The molecule has 0 aromatic heterocycles. The zero-order valence-electron chi connectivity index (χ0n) is 10.8. The van der Waals surface area contributed by atoms with Gasteiger partial charge in [-0.3, -0.25) is 4.79 Å². The van der Waals surface area contributed by atoms with E-state index in [1.54, 1.807) is 12.1 Å². The number of carboxylic acids is 1. The second-order valence-corrected chi connectivity index (χ2v) is 4.97. The number of anilines is 1. The highest BCUT2D eigenvalue weighted by Crippen LogP contribution is 2.20. The van der Waals surface area contributed by atoms with E-state index < -0.39 is 5.97 Å². The van der Waals surface area contributed by atoms with Gasteiger partial charge in [-0.25, -0.2) is 0 Å². The molecule has 0 saturated heterocycles. The molecule has 0 aliphatic heterocycles. The van der Waals surface area contributed by atoms with Crippen LogP contribution in [0.25, 0.3) is 0 Å². The van der Waals surface area contributed by atoms with Gasteiger partial charge in [0.2, 0.25) is 0 Å². The number of carbonyl (C=O) groups is 1. The van der Waals surface area contributed by atoms with Gasteiger partial charge in [-0.05, 0) is 37.0 Å². The molecule has 0 fully saturated rings.